The second kappa shape index (κ2) is 5.38. The average molecular weight is 296 g/mol. The third-order valence-electron chi connectivity index (χ3n) is 4.47. The van der Waals surface area contributed by atoms with Gasteiger partial charge in [0, 0.05) is 26.2 Å². The lowest BCUT2D eigenvalue weighted by molar-refractivity contribution is -0.358. The Kier molecular flexibility index (Phi) is 3.84. The van der Waals surface area contributed by atoms with Crippen LogP contribution in [0.25, 0.3) is 0 Å². The van der Waals surface area contributed by atoms with Crippen molar-refractivity contribution in [3.63, 3.8) is 0 Å². The molecule has 0 aromatic carbocycles. The zero-order valence-electron chi connectivity index (χ0n) is 12.9. The van der Waals surface area contributed by atoms with E-state index >= 15 is 0 Å². The van der Waals surface area contributed by atoms with Crippen LogP contribution in [0.2, 0.25) is 0 Å². The van der Waals surface area contributed by atoms with E-state index in [1.54, 1.807) is 0 Å². The highest BCUT2D eigenvalue weighted by Crippen LogP contribution is 2.47. The maximum absolute atomic E-state index is 11.0. The molecule has 5 heteroatoms. The summed E-state index contributed by atoms with van der Waals surface area (Å²) in [5.74, 6) is -1.54. The molecule has 21 heavy (non-hydrogen) atoms. The molecule has 3 atom stereocenters. The first-order valence-electron chi connectivity index (χ1n) is 7.80. The number of rotatable bonds is 2. The summed E-state index contributed by atoms with van der Waals surface area (Å²) in [6.45, 7) is 4.38. The van der Waals surface area contributed by atoms with E-state index in [1.807, 2.05) is 13.0 Å². The van der Waals surface area contributed by atoms with Crippen LogP contribution in [-0.4, -0.2) is 36.4 Å². The number of ether oxygens (including phenoxy) is 4. The maximum Gasteiger partial charge on any atom is 0.302 e. The monoisotopic (exact) mass is 296 g/mol. The van der Waals surface area contributed by atoms with Crippen molar-refractivity contribution in [3.8, 4) is 0 Å². The van der Waals surface area contributed by atoms with Gasteiger partial charge in [0.25, 0.3) is 0 Å². The fourth-order valence-electron chi connectivity index (χ4n) is 3.39. The van der Waals surface area contributed by atoms with Crippen LogP contribution in [0.15, 0.2) is 12.2 Å². The standard InChI is InChI=1S/C16H24O5/c1-13(17)18-12-14(2)9-10-16(20-14)8-5-7-15(21-16)6-3-4-11-19-15/h5,7H,3-4,6,8-12H2,1-2H3/t14-,15-,16+/m0/s1. The normalized spacial score (nSPS) is 42.6. The minimum absolute atomic E-state index is 0.269. The van der Waals surface area contributed by atoms with Gasteiger partial charge in [0.1, 0.15) is 12.2 Å². The molecule has 5 nitrogen and oxygen atoms in total. The number of hydrogen-bond acceptors (Lipinski definition) is 5. The summed E-state index contributed by atoms with van der Waals surface area (Å²) in [5, 5.41) is 0. The van der Waals surface area contributed by atoms with Crippen LogP contribution in [0.5, 0.6) is 0 Å². The van der Waals surface area contributed by atoms with Crippen LogP contribution < -0.4 is 0 Å². The van der Waals surface area contributed by atoms with E-state index in [1.165, 1.54) is 6.92 Å². The number of carbonyl (C=O) groups is 1. The second-order valence-corrected chi connectivity index (χ2v) is 6.57. The Morgan fingerprint density at radius 3 is 2.81 bits per heavy atom. The van der Waals surface area contributed by atoms with Crippen LogP contribution in [0.4, 0.5) is 0 Å². The summed E-state index contributed by atoms with van der Waals surface area (Å²) in [6, 6.07) is 0. The molecule has 0 aromatic heterocycles. The lowest BCUT2D eigenvalue weighted by Crippen LogP contribution is -2.50. The minimum Gasteiger partial charge on any atom is -0.463 e. The van der Waals surface area contributed by atoms with Crippen LogP contribution in [0, 0.1) is 0 Å². The van der Waals surface area contributed by atoms with Crippen molar-refractivity contribution in [2.24, 2.45) is 0 Å². The molecule has 0 bridgehead atoms. The third-order valence-corrected chi connectivity index (χ3v) is 4.47. The van der Waals surface area contributed by atoms with Crippen molar-refractivity contribution >= 4 is 5.97 Å². The topological polar surface area (TPSA) is 54.0 Å². The highest BCUT2D eigenvalue weighted by Gasteiger charge is 2.53. The van der Waals surface area contributed by atoms with Crippen LogP contribution in [0.1, 0.15) is 52.4 Å². The molecule has 0 amide bonds. The first kappa shape index (κ1) is 15.0. The number of hydrogen-bond donors (Lipinski definition) is 0. The molecule has 2 fully saturated rings. The summed E-state index contributed by atoms with van der Waals surface area (Å²) < 4.78 is 23.5. The highest BCUT2D eigenvalue weighted by molar-refractivity contribution is 5.65. The van der Waals surface area contributed by atoms with Gasteiger partial charge in [-0.15, -0.1) is 0 Å². The number of esters is 1. The molecule has 0 radical (unpaired) electrons. The van der Waals surface area contributed by atoms with Crippen molar-refractivity contribution in [1.29, 1.82) is 0 Å². The van der Waals surface area contributed by atoms with Gasteiger partial charge in [0.2, 0.25) is 0 Å². The molecule has 0 aromatic rings. The largest absolute Gasteiger partial charge is 0.463 e. The molecule has 3 rings (SSSR count). The van der Waals surface area contributed by atoms with Crippen LogP contribution in [0.3, 0.4) is 0 Å². The van der Waals surface area contributed by atoms with Crippen molar-refractivity contribution in [2.75, 3.05) is 13.2 Å². The lowest BCUT2D eigenvalue weighted by atomic mass is 9.97. The molecule has 0 unspecified atom stereocenters. The van der Waals surface area contributed by atoms with E-state index in [2.05, 4.69) is 6.08 Å². The summed E-state index contributed by atoms with van der Waals surface area (Å²) >= 11 is 0. The van der Waals surface area contributed by atoms with Crippen LogP contribution in [-0.2, 0) is 23.7 Å². The molecule has 3 aliphatic heterocycles. The SMILES string of the molecule is CC(=O)OC[C@]1(C)CC[C@]2(CC=C[C@]3(CCCCO3)O2)O1. The Bertz CT molecular complexity index is 440. The van der Waals surface area contributed by atoms with E-state index in [-0.39, 0.29) is 12.6 Å². The Hall–Kier alpha value is -0.910. The van der Waals surface area contributed by atoms with Gasteiger partial charge < -0.3 is 18.9 Å². The molecule has 3 heterocycles. The molecule has 2 spiro atoms. The van der Waals surface area contributed by atoms with Gasteiger partial charge in [-0.05, 0) is 32.3 Å². The Morgan fingerprint density at radius 1 is 1.24 bits per heavy atom. The Labute approximate surface area is 125 Å². The summed E-state index contributed by atoms with van der Waals surface area (Å²) in [4.78, 5) is 11.0. The highest BCUT2D eigenvalue weighted by atomic mass is 16.8. The van der Waals surface area contributed by atoms with Crippen molar-refractivity contribution < 1.29 is 23.7 Å². The molecular weight excluding hydrogens is 272 g/mol. The smallest absolute Gasteiger partial charge is 0.302 e. The summed E-state index contributed by atoms with van der Waals surface area (Å²) in [6.07, 6.45) is 9.50. The predicted molar refractivity (Wildman–Crippen MR) is 75.5 cm³/mol. The fraction of sp³-hybridized carbons (Fsp3) is 0.812. The predicted octanol–water partition coefficient (Wildman–Crippen LogP) is 2.69. The van der Waals surface area contributed by atoms with E-state index in [0.717, 1.165) is 38.7 Å². The molecule has 3 aliphatic rings. The third kappa shape index (κ3) is 3.15. The zero-order chi connectivity index (χ0) is 15.0. The number of carbonyl (C=O) groups excluding carboxylic acids is 1. The van der Waals surface area contributed by atoms with Gasteiger partial charge >= 0.3 is 5.97 Å². The Balaban J connectivity index is 1.69. The molecule has 2 saturated heterocycles. The maximum atomic E-state index is 11.0. The van der Waals surface area contributed by atoms with Crippen molar-refractivity contribution in [1.82, 2.24) is 0 Å². The van der Waals surface area contributed by atoms with E-state index in [9.17, 15) is 4.79 Å². The van der Waals surface area contributed by atoms with Gasteiger partial charge in [0.15, 0.2) is 11.6 Å². The second-order valence-electron chi connectivity index (χ2n) is 6.57. The quantitative estimate of drug-likeness (QED) is 0.579. The van der Waals surface area contributed by atoms with Crippen molar-refractivity contribution in [2.45, 2.75) is 69.5 Å². The first-order valence-corrected chi connectivity index (χ1v) is 7.80. The van der Waals surface area contributed by atoms with Gasteiger partial charge in [-0.3, -0.25) is 4.79 Å². The lowest BCUT2D eigenvalue weighted by Gasteiger charge is -2.45. The average Bonchev–Trinajstić information content (AvgIpc) is 2.75. The molecule has 0 N–H and O–H groups in total. The summed E-state index contributed by atoms with van der Waals surface area (Å²) in [7, 11) is 0. The van der Waals surface area contributed by atoms with E-state index in [4.69, 9.17) is 18.9 Å². The zero-order valence-corrected chi connectivity index (χ0v) is 12.9. The van der Waals surface area contributed by atoms with Gasteiger partial charge in [-0.25, -0.2) is 0 Å². The van der Waals surface area contributed by atoms with Gasteiger partial charge in [0.05, 0.1) is 6.61 Å². The van der Waals surface area contributed by atoms with E-state index in [0.29, 0.717) is 6.42 Å². The fourth-order valence-corrected chi connectivity index (χ4v) is 3.39. The van der Waals surface area contributed by atoms with E-state index < -0.39 is 17.2 Å². The van der Waals surface area contributed by atoms with Gasteiger partial charge in [-0.1, -0.05) is 6.08 Å². The summed E-state index contributed by atoms with van der Waals surface area (Å²) in [5.41, 5.74) is -0.479. The minimum atomic E-state index is -0.638. The molecular formula is C16H24O5. The Morgan fingerprint density at radius 2 is 2.10 bits per heavy atom. The van der Waals surface area contributed by atoms with Crippen molar-refractivity contribution in [3.05, 3.63) is 12.2 Å². The molecule has 118 valence electrons. The first-order chi connectivity index (χ1) is 9.95. The molecule has 0 saturated carbocycles. The van der Waals surface area contributed by atoms with Crippen LogP contribution >= 0.6 is 0 Å². The van der Waals surface area contributed by atoms with Gasteiger partial charge in [-0.2, -0.15) is 0 Å². The molecule has 0 aliphatic carbocycles.